The minimum Gasteiger partial charge on any atom is -0.443 e. The molecule has 42 heavy (non-hydrogen) atoms. The average molecular weight is 607 g/mol. The number of carbonyl (C=O) groups excluding carboxylic acids is 1. The van der Waals surface area contributed by atoms with E-state index in [0.717, 1.165) is 29.2 Å². The predicted molar refractivity (Wildman–Crippen MR) is 133 cm³/mol. The highest BCUT2D eigenvalue weighted by molar-refractivity contribution is 5.75. The number of amides is 1. The SMILES string of the molecule is C=C(C)c1cc(-c2ccc(C(F)(F)F)cc2CN2C(=O)O[C@H]([C@H]3C=C(C(F)(F)F)C=C(C(F)(F)F)C3)[C@@H]2C)ccc1F. The van der Waals surface area contributed by atoms with Gasteiger partial charge in [-0.2, -0.15) is 39.5 Å². The lowest BCUT2D eigenvalue weighted by Crippen LogP contribution is -2.38. The van der Waals surface area contributed by atoms with Crippen LogP contribution in [0.3, 0.4) is 0 Å². The minimum absolute atomic E-state index is 0.00648. The largest absolute Gasteiger partial charge is 0.443 e. The molecule has 0 aromatic heterocycles. The predicted octanol–water partition coefficient (Wildman–Crippen LogP) is 9.25. The van der Waals surface area contributed by atoms with Crippen LogP contribution in [0.5, 0.6) is 0 Å². The molecule has 1 saturated heterocycles. The van der Waals surface area contributed by atoms with Gasteiger partial charge in [0.1, 0.15) is 11.9 Å². The number of ether oxygens (including phenoxy) is 1. The number of hydrogen-bond donors (Lipinski definition) is 0. The normalized spacial score (nSPS) is 21.7. The molecule has 0 N–H and O–H groups in total. The second kappa shape index (κ2) is 10.8. The molecule has 0 unspecified atom stereocenters. The zero-order chi connectivity index (χ0) is 31.4. The van der Waals surface area contributed by atoms with Crippen LogP contribution in [0.2, 0.25) is 0 Å². The maximum Gasteiger partial charge on any atom is 0.416 e. The highest BCUT2D eigenvalue weighted by Gasteiger charge is 2.48. The molecule has 3 atom stereocenters. The summed E-state index contributed by atoms with van der Waals surface area (Å²) in [6, 6.07) is 5.38. The smallest absolute Gasteiger partial charge is 0.416 e. The van der Waals surface area contributed by atoms with Gasteiger partial charge in [-0.25, -0.2) is 9.18 Å². The molecule has 1 aliphatic heterocycles. The van der Waals surface area contributed by atoms with E-state index in [9.17, 15) is 48.7 Å². The van der Waals surface area contributed by atoms with Crippen molar-refractivity contribution in [2.24, 2.45) is 5.92 Å². The molecular weight excluding hydrogens is 584 g/mol. The fourth-order valence-corrected chi connectivity index (χ4v) is 5.09. The van der Waals surface area contributed by atoms with E-state index in [1.54, 1.807) is 0 Å². The van der Waals surface area contributed by atoms with E-state index >= 15 is 0 Å². The minimum atomic E-state index is -5.11. The maximum absolute atomic E-state index is 14.3. The monoisotopic (exact) mass is 607 g/mol. The van der Waals surface area contributed by atoms with Crippen molar-refractivity contribution >= 4 is 11.7 Å². The van der Waals surface area contributed by atoms with Gasteiger partial charge in [-0.1, -0.05) is 24.8 Å². The van der Waals surface area contributed by atoms with Gasteiger partial charge >= 0.3 is 24.6 Å². The summed E-state index contributed by atoms with van der Waals surface area (Å²) >= 11 is 0. The summed E-state index contributed by atoms with van der Waals surface area (Å²) in [4.78, 5) is 13.8. The van der Waals surface area contributed by atoms with Gasteiger partial charge in [-0.05, 0) is 72.9 Å². The molecule has 2 aromatic carbocycles. The number of nitrogens with zero attached hydrogens (tertiary/aromatic N) is 1. The summed E-state index contributed by atoms with van der Waals surface area (Å²) < 4.78 is 141. The van der Waals surface area contributed by atoms with E-state index in [4.69, 9.17) is 4.74 Å². The first-order valence-corrected chi connectivity index (χ1v) is 12.5. The molecule has 2 aliphatic rings. The summed E-state index contributed by atoms with van der Waals surface area (Å²) in [6.45, 7) is 6.01. The second-order valence-electron chi connectivity index (χ2n) is 10.2. The topological polar surface area (TPSA) is 29.5 Å². The number of alkyl halides is 9. The molecule has 2 aromatic rings. The van der Waals surface area contributed by atoms with Gasteiger partial charge < -0.3 is 4.74 Å². The lowest BCUT2D eigenvalue weighted by molar-refractivity contribution is -0.137. The Labute approximate surface area is 233 Å². The summed E-state index contributed by atoms with van der Waals surface area (Å²) in [5.74, 6) is -2.13. The fraction of sp³-hybridized carbons (Fsp3) is 0.345. The van der Waals surface area contributed by atoms with Crippen LogP contribution in [0.1, 0.15) is 37.0 Å². The van der Waals surface area contributed by atoms with Crippen molar-refractivity contribution in [2.75, 3.05) is 0 Å². The van der Waals surface area contributed by atoms with Crippen LogP contribution in [0.15, 0.2) is 66.3 Å². The number of halogens is 10. The number of allylic oxidation sites excluding steroid dienone is 4. The lowest BCUT2D eigenvalue weighted by Gasteiger charge is -2.30. The van der Waals surface area contributed by atoms with Gasteiger partial charge in [0, 0.05) is 17.1 Å². The molecule has 3 nitrogen and oxygen atoms in total. The number of benzene rings is 2. The Morgan fingerprint density at radius 1 is 0.976 bits per heavy atom. The molecule has 1 amide bonds. The second-order valence-corrected chi connectivity index (χ2v) is 10.2. The van der Waals surface area contributed by atoms with Crippen LogP contribution in [0, 0.1) is 11.7 Å². The Bertz CT molecular complexity index is 1470. The molecule has 1 aliphatic carbocycles. The Morgan fingerprint density at radius 3 is 2.21 bits per heavy atom. The van der Waals surface area contributed by atoms with E-state index in [2.05, 4.69) is 6.58 Å². The third-order valence-electron chi connectivity index (χ3n) is 7.24. The van der Waals surface area contributed by atoms with Crippen LogP contribution < -0.4 is 0 Å². The van der Waals surface area contributed by atoms with Crippen molar-refractivity contribution in [3.63, 3.8) is 0 Å². The van der Waals surface area contributed by atoms with Gasteiger partial charge in [-0.3, -0.25) is 4.90 Å². The van der Waals surface area contributed by atoms with Crippen molar-refractivity contribution in [1.82, 2.24) is 4.90 Å². The molecule has 226 valence electrons. The highest BCUT2D eigenvalue weighted by atomic mass is 19.4. The Balaban J connectivity index is 1.72. The van der Waals surface area contributed by atoms with Gasteiger partial charge in [0.05, 0.1) is 23.7 Å². The van der Waals surface area contributed by atoms with E-state index in [1.165, 1.54) is 26.0 Å². The Morgan fingerprint density at radius 2 is 1.64 bits per heavy atom. The van der Waals surface area contributed by atoms with Crippen LogP contribution in [-0.2, 0) is 17.5 Å². The van der Waals surface area contributed by atoms with E-state index < -0.39 is 78.2 Å². The molecule has 1 heterocycles. The van der Waals surface area contributed by atoms with Gasteiger partial charge in [-0.15, -0.1) is 0 Å². The molecule has 13 heteroatoms. The van der Waals surface area contributed by atoms with E-state index in [0.29, 0.717) is 17.2 Å². The van der Waals surface area contributed by atoms with Crippen molar-refractivity contribution in [3.8, 4) is 11.1 Å². The summed E-state index contributed by atoms with van der Waals surface area (Å²) in [5.41, 5.74) is -3.19. The average Bonchev–Trinajstić information content (AvgIpc) is 3.15. The standard InChI is InChI=1S/C29H23F10NO2/c1-14(2)23-11-16(4-7-24(23)30)22-6-5-19(27(31,32)33)10-18(22)13-40-15(3)25(42-26(40)41)17-8-20(28(34,35)36)12-21(9-17)29(37,38)39/h4-8,10-12,15,17,25H,1,9,13H2,2-3H3/t15-,17-,25-/m0/s1. The van der Waals surface area contributed by atoms with Crippen LogP contribution in [-0.4, -0.2) is 35.5 Å². The highest BCUT2D eigenvalue weighted by Crippen LogP contribution is 2.44. The molecule has 0 saturated carbocycles. The van der Waals surface area contributed by atoms with Crippen molar-refractivity contribution in [2.45, 2.75) is 57.5 Å². The fourth-order valence-electron chi connectivity index (χ4n) is 5.09. The van der Waals surface area contributed by atoms with Gasteiger partial charge in [0.25, 0.3) is 0 Å². The van der Waals surface area contributed by atoms with Crippen LogP contribution in [0.4, 0.5) is 48.7 Å². The number of hydrogen-bond acceptors (Lipinski definition) is 2. The summed E-state index contributed by atoms with van der Waals surface area (Å²) in [5, 5.41) is 0. The maximum atomic E-state index is 14.3. The summed E-state index contributed by atoms with van der Waals surface area (Å²) in [7, 11) is 0. The molecular formula is C29H23F10NO2. The van der Waals surface area contributed by atoms with Crippen molar-refractivity contribution in [3.05, 3.63) is 88.8 Å². The number of rotatable bonds is 5. The third-order valence-corrected chi connectivity index (χ3v) is 7.24. The first kappa shape index (κ1) is 31.2. The first-order valence-electron chi connectivity index (χ1n) is 12.5. The van der Waals surface area contributed by atoms with Crippen molar-refractivity contribution < 1.29 is 53.4 Å². The van der Waals surface area contributed by atoms with Crippen LogP contribution >= 0.6 is 0 Å². The molecule has 0 bridgehead atoms. The molecule has 4 rings (SSSR count). The number of carbonyl (C=O) groups is 1. The molecule has 0 radical (unpaired) electrons. The Kier molecular flexibility index (Phi) is 8.02. The zero-order valence-corrected chi connectivity index (χ0v) is 22.0. The Hall–Kier alpha value is -3.77. The van der Waals surface area contributed by atoms with E-state index in [-0.39, 0.29) is 22.8 Å². The first-order chi connectivity index (χ1) is 19.3. The quantitative estimate of drug-likeness (QED) is 0.317. The van der Waals surface area contributed by atoms with Crippen molar-refractivity contribution in [1.29, 1.82) is 0 Å². The van der Waals surface area contributed by atoms with Gasteiger partial charge in [0.2, 0.25) is 0 Å². The zero-order valence-electron chi connectivity index (χ0n) is 22.0. The van der Waals surface area contributed by atoms with E-state index in [1.807, 2.05) is 0 Å². The van der Waals surface area contributed by atoms with Crippen LogP contribution in [0.25, 0.3) is 16.7 Å². The molecule has 0 spiro atoms. The lowest BCUT2D eigenvalue weighted by atomic mass is 9.83. The number of cyclic esters (lactones) is 1. The summed E-state index contributed by atoms with van der Waals surface area (Å²) in [6.07, 6.45) is -17.9. The molecule has 1 fully saturated rings. The third kappa shape index (κ3) is 6.34. The van der Waals surface area contributed by atoms with Gasteiger partial charge in [0.15, 0.2) is 0 Å².